The molecular formula is C13H20ClNO2. The predicted molar refractivity (Wildman–Crippen MR) is 70.1 cm³/mol. The average molecular weight is 258 g/mol. The lowest BCUT2D eigenvalue weighted by Gasteiger charge is -2.17. The minimum Gasteiger partial charge on any atom is -0.392 e. The topological polar surface area (TPSA) is 52.5 Å². The number of hydrogen-bond donors (Lipinski definition) is 3. The van der Waals surface area contributed by atoms with Gasteiger partial charge in [0.25, 0.3) is 0 Å². The van der Waals surface area contributed by atoms with E-state index in [0.29, 0.717) is 18.1 Å². The standard InChI is InChI=1S/C13H20ClNO2/c1-9(2)12(16)7-15-8-13(17)10-3-5-11(14)6-4-10/h3-6,9,12-13,15-17H,7-8H2,1-2H3. The van der Waals surface area contributed by atoms with Gasteiger partial charge in [0.2, 0.25) is 0 Å². The molecule has 3 nitrogen and oxygen atoms in total. The highest BCUT2D eigenvalue weighted by Crippen LogP contribution is 2.15. The lowest BCUT2D eigenvalue weighted by Crippen LogP contribution is -2.33. The minimum atomic E-state index is -0.577. The van der Waals surface area contributed by atoms with Crippen molar-refractivity contribution in [2.24, 2.45) is 5.92 Å². The van der Waals surface area contributed by atoms with Crippen LogP contribution in [0, 0.1) is 5.92 Å². The first-order valence-corrected chi connectivity index (χ1v) is 6.21. The van der Waals surface area contributed by atoms with E-state index in [1.54, 1.807) is 24.3 Å². The van der Waals surface area contributed by atoms with E-state index in [-0.39, 0.29) is 12.0 Å². The van der Waals surface area contributed by atoms with Gasteiger partial charge in [-0.3, -0.25) is 0 Å². The van der Waals surface area contributed by atoms with Gasteiger partial charge in [0.1, 0.15) is 0 Å². The van der Waals surface area contributed by atoms with Crippen molar-refractivity contribution in [1.82, 2.24) is 5.32 Å². The Morgan fingerprint density at radius 1 is 1.12 bits per heavy atom. The van der Waals surface area contributed by atoms with Crippen molar-refractivity contribution < 1.29 is 10.2 Å². The second kappa shape index (κ2) is 6.97. The number of aliphatic hydroxyl groups is 2. The number of rotatable bonds is 6. The Morgan fingerprint density at radius 2 is 1.71 bits per heavy atom. The number of benzene rings is 1. The third-order valence-electron chi connectivity index (χ3n) is 2.72. The summed E-state index contributed by atoms with van der Waals surface area (Å²) in [5.74, 6) is 0.218. The van der Waals surface area contributed by atoms with Crippen LogP contribution in [0.3, 0.4) is 0 Å². The van der Waals surface area contributed by atoms with Crippen molar-refractivity contribution in [3.8, 4) is 0 Å². The van der Waals surface area contributed by atoms with E-state index in [2.05, 4.69) is 5.32 Å². The summed E-state index contributed by atoms with van der Waals surface area (Å²) >= 11 is 5.77. The lowest BCUT2D eigenvalue weighted by atomic mass is 10.1. The Bertz CT molecular complexity index is 327. The molecule has 1 aromatic rings. The van der Waals surface area contributed by atoms with Crippen molar-refractivity contribution in [3.63, 3.8) is 0 Å². The molecular weight excluding hydrogens is 238 g/mol. The fourth-order valence-electron chi connectivity index (χ4n) is 1.41. The van der Waals surface area contributed by atoms with Gasteiger partial charge >= 0.3 is 0 Å². The second-order valence-corrected chi connectivity index (χ2v) is 4.97. The van der Waals surface area contributed by atoms with Crippen LogP contribution in [0.15, 0.2) is 24.3 Å². The Labute approximate surface area is 107 Å². The van der Waals surface area contributed by atoms with Crippen LogP contribution in [0.1, 0.15) is 25.5 Å². The summed E-state index contributed by atoms with van der Waals surface area (Å²) in [5.41, 5.74) is 0.820. The predicted octanol–water partition coefficient (Wildman–Crippen LogP) is 1.98. The zero-order chi connectivity index (χ0) is 12.8. The van der Waals surface area contributed by atoms with Crippen molar-refractivity contribution in [3.05, 3.63) is 34.9 Å². The van der Waals surface area contributed by atoms with Gasteiger partial charge < -0.3 is 15.5 Å². The maximum Gasteiger partial charge on any atom is 0.0914 e. The van der Waals surface area contributed by atoms with Crippen molar-refractivity contribution in [1.29, 1.82) is 0 Å². The Hall–Kier alpha value is -0.610. The van der Waals surface area contributed by atoms with Crippen LogP contribution in [0.2, 0.25) is 5.02 Å². The van der Waals surface area contributed by atoms with Crippen LogP contribution in [-0.4, -0.2) is 29.4 Å². The lowest BCUT2D eigenvalue weighted by molar-refractivity contribution is 0.113. The summed E-state index contributed by atoms with van der Waals surface area (Å²) in [6, 6.07) is 7.10. The van der Waals surface area contributed by atoms with E-state index in [1.165, 1.54) is 0 Å². The monoisotopic (exact) mass is 257 g/mol. The van der Waals surface area contributed by atoms with E-state index in [9.17, 15) is 10.2 Å². The maximum absolute atomic E-state index is 9.88. The smallest absolute Gasteiger partial charge is 0.0914 e. The highest BCUT2D eigenvalue weighted by atomic mass is 35.5. The van der Waals surface area contributed by atoms with Crippen molar-refractivity contribution >= 4 is 11.6 Å². The first-order valence-electron chi connectivity index (χ1n) is 5.83. The largest absolute Gasteiger partial charge is 0.392 e. The molecule has 0 aromatic heterocycles. The summed E-state index contributed by atoms with van der Waals surface area (Å²) in [6.07, 6.45) is -0.959. The van der Waals surface area contributed by atoms with E-state index < -0.39 is 6.10 Å². The van der Waals surface area contributed by atoms with Crippen molar-refractivity contribution in [2.75, 3.05) is 13.1 Å². The van der Waals surface area contributed by atoms with Crippen LogP contribution in [0.4, 0.5) is 0 Å². The summed E-state index contributed by atoms with van der Waals surface area (Å²) < 4.78 is 0. The molecule has 0 aliphatic rings. The molecule has 0 aliphatic carbocycles. The highest BCUT2D eigenvalue weighted by molar-refractivity contribution is 6.30. The Balaban J connectivity index is 2.34. The molecule has 2 unspecified atom stereocenters. The van der Waals surface area contributed by atoms with Gasteiger partial charge in [-0.2, -0.15) is 0 Å². The molecule has 0 bridgehead atoms. The van der Waals surface area contributed by atoms with E-state index in [0.717, 1.165) is 5.56 Å². The molecule has 0 amide bonds. The molecule has 0 heterocycles. The van der Waals surface area contributed by atoms with Crippen molar-refractivity contribution in [2.45, 2.75) is 26.1 Å². The second-order valence-electron chi connectivity index (χ2n) is 4.54. The Kier molecular flexibility index (Phi) is 5.92. The molecule has 2 atom stereocenters. The number of nitrogens with one attached hydrogen (secondary N) is 1. The molecule has 0 fully saturated rings. The molecule has 0 spiro atoms. The van der Waals surface area contributed by atoms with Gasteiger partial charge in [0, 0.05) is 18.1 Å². The van der Waals surface area contributed by atoms with Crippen LogP contribution in [-0.2, 0) is 0 Å². The van der Waals surface area contributed by atoms with Gasteiger partial charge in [-0.05, 0) is 23.6 Å². The quantitative estimate of drug-likeness (QED) is 0.731. The fourth-order valence-corrected chi connectivity index (χ4v) is 1.53. The normalized spacial score (nSPS) is 14.9. The SMILES string of the molecule is CC(C)C(O)CNCC(O)c1ccc(Cl)cc1. The summed E-state index contributed by atoms with van der Waals surface area (Å²) in [7, 11) is 0. The zero-order valence-electron chi connectivity index (χ0n) is 10.2. The zero-order valence-corrected chi connectivity index (χ0v) is 11.0. The number of halogens is 1. The van der Waals surface area contributed by atoms with Crippen LogP contribution >= 0.6 is 11.6 Å². The highest BCUT2D eigenvalue weighted by Gasteiger charge is 2.11. The molecule has 0 radical (unpaired) electrons. The molecule has 17 heavy (non-hydrogen) atoms. The molecule has 1 rings (SSSR count). The van der Waals surface area contributed by atoms with Crippen LogP contribution < -0.4 is 5.32 Å². The van der Waals surface area contributed by atoms with Gasteiger partial charge in [0.15, 0.2) is 0 Å². The van der Waals surface area contributed by atoms with Gasteiger partial charge in [0.05, 0.1) is 12.2 Å². The van der Waals surface area contributed by atoms with Gasteiger partial charge in [-0.15, -0.1) is 0 Å². The average Bonchev–Trinajstić information content (AvgIpc) is 2.29. The Morgan fingerprint density at radius 3 is 2.24 bits per heavy atom. The third kappa shape index (κ3) is 5.04. The van der Waals surface area contributed by atoms with E-state index in [1.807, 2.05) is 13.8 Å². The molecule has 0 saturated heterocycles. The molecule has 4 heteroatoms. The van der Waals surface area contributed by atoms with Crippen LogP contribution in [0.25, 0.3) is 0 Å². The molecule has 0 aliphatic heterocycles. The third-order valence-corrected chi connectivity index (χ3v) is 2.97. The molecule has 0 saturated carbocycles. The van der Waals surface area contributed by atoms with Crippen LogP contribution in [0.5, 0.6) is 0 Å². The molecule has 96 valence electrons. The first kappa shape index (κ1) is 14.5. The summed E-state index contributed by atoms with van der Waals surface area (Å²) in [5, 5.41) is 23.2. The van der Waals surface area contributed by atoms with E-state index >= 15 is 0 Å². The summed E-state index contributed by atoms with van der Waals surface area (Å²) in [4.78, 5) is 0. The summed E-state index contributed by atoms with van der Waals surface area (Å²) in [6.45, 7) is 4.83. The minimum absolute atomic E-state index is 0.218. The number of hydrogen-bond acceptors (Lipinski definition) is 3. The fraction of sp³-hybridized carbons (Fsp3) is 0.538. The molecule has 1 aromatic carbocycles. The maximum atomic E-state index is 9.88. The number of aliphatic hydroxyl groups excluding tert-OH is 2. The van der Waals surface area contributed by atoms with Gasteiger partial charge in [-0.1, -0.05) is 37.6 Å². The van der Waals surface area contributed by atoms with E-state index in [4.69, 9.17) is 11.6 Å². The first-order chi connectivity index (χ1) is 8.00. The molecule has 3 N–H and O–H groups in total. The van der Waals surface area contributed by atoms with Gasteiger partial charge in [-0.25, -0.2) is 0 Å².